The average Bonchev–Trinajstić information content (AvgIpc) is 2.14. The van der Waals surface area contributed by atoms with E-state index in [2.05, 4.69) is 11.1 Å². The Morgan fingerprint density at radius 1 is 1.09 bits per heavy atom. The van der Waals surface area contributed by atoms with Gasteiger partial charge in [0.15, 0.2) is 0 Å². The summed E-state index contributed by atoms with van der Waals surface area (Å²) in [4.78, 5) is 3.75. The van der Waals surface area contributed by atoms with Crippen molar-refractivity contribution in [3.8, 4) is 0 Å². The van der Waals surface area contributed by atoms with Gasteiger partial charge in [-0.25, -0.2) is 0 Å². The maximum atomic E-state index is 7.00. The average molecular weight is 229 g/mol. The zero-order chi connectivity index (χ0) is 8.24. The van der Waals surface area contributed by atoms with Crippen LogP contribution in [-0.4, -0.2) is 17.2 Å². The number of hydrogen-bond acceptors (Lipinski definition) is 2. The minimum Gasteiger partial charge on any atom is -0.400 e. The summed E-state index contributed by atoms with van der Waals surface area (Å²) in [6.07, 6.45) is 3.39. The van der Waals surface area contributed by atoms with Gasteiger partial charge in [0.05, 0.1) is 0 Å². The Labute approximate surface area is 93.9 Å². The quantitative estimate of drug-likeness (QED) is 0.684. The molecule has 0 fully saturated rings. The van der Waals surface area contributed by atoms with Gasteiger partial charge in [-0.05, 0) is 0 Å². The van der Waals surface area contributed by atoms with Gasteiger partial charge in [0.2, 0.25) is 0 Å². The molecule has 0 aliphatic carbocycles. The van der Waals surface area contributed by atoms with E-state index < -0.39 is 0 Å². The molecule has 1 N–H and O–H groups in total. The molecular weight excluding hydrogens is 215 g/mol. The van der Waals surface area contributed by atoms with Crippen LogP contribution in [0, 0.1) is 6.07 Å². The predicted molar refractivity (Wildman–Crippen MR) is 42.6 cm³/mol. The summed E-state index contributed by atoms with van der Waals surface area (Å²) in [6, 6.07) is 6.36. The zero-order valence-electron chi connectivity index (χ0n) is 7.28. The molecular formula is C8H14NOY-. The van der Waals surface area contributed by atoms with Gasteiger partial charge in [-0.15, -0.1) is 0 Å². The fourth-order valence-corrected chi connectivity index (χ4v) is 0.277. The van der Waals surface area contributed by atoms with Crippen LogP contribution in [0.25, 0.3) is 0 Å². The third-order valence-corrected chi connectivity index (χ3v) is 0.514. The molecule has 0 unspecified atom stereocenters. The summed E-state index contributed by atoms with van der Waals surface area (Å²) in [5.41, 5.74) is 0. The van der Waals surface area contributed by atoms with Gasteiger partial charge < -0.3 is 10.1 Å². The minimum atomic E-state index is 0. The number of hydrogen-bond donors (Lipinski definition) is 1. The van der Waals surface area contributed by atoms with E-state index in [1.807, 2.05) is 13.8 Å². The summed E-state index contributed by atoms with van der Waals surface area (Å²) in [6.45, 7) is 4.00. The summed E-state index contributed by atoms with van der Waals surface area (Å²) in [5.74, 6) is 0. The Bertz CT molecular complexity index is 86.0. The monoisotopic (exact) mass is 229 g/mol. The second-order valence-corrected chi connectivity index (χ2v) is 0.947. The first kappa shape index (κ1) is 17.3. The van der Waals surface area contributed by atoms with Crippen LogP contribution < -0.4 is 0 Å². The van der Waals surface area contributed by atoms with Crippen LogP contribution in [0.3, 0.4) is 0 Å². The summed E-state index contributed by atoms with van der Waals surface area (Å²) >= 11 is 0. The van der Waals surface area contributed by atoms with Crippen molar-refractivity contribution in [1.29, 1.82) is 0 Å². The molecule has 0 bridgehead atoms. The van der Waals surface area contributed by atoms with Crippen molar-refractivity contribution in [3.63, 3.8) is 0 Å². The molecule has 0 aliphatic rings. The molecule has 0 spiro atoms. The maximum Gasteiger partial charge on any atom is 0.0319 e. The smallest absolute Gasteiger partial charge is 0.0319 e. The van der Waals surface area contributed by atoms with Crippen molar-refractivity contribution in [3.05, 3.63) is 30.6 Å². The first-order chi connectivity index (χ1) is 5.00. The number of aliphatic hydroxyl groups is 1. The Morgan fingerprint density at radius 3 is 1.55 bits per heavy atom. The second kappa shape index (κ2) is 22.5. The third-order valence-electron chi connectivity index (χ3n) is 0.514. The fourth-order valence-electron chi connectivity index (χ4n) is 0.277. The van der Waals surface area contributed by atoms with Crippen molar-refractivity contribution in [1.82, 2.24) is 4.98 Å². The van der Waals surface area contributed by atoms with Crippen molar-refractivity contribution < 1.29 is 37.8 Å². The van der Waals surface area contributed by atoms with Crippen LogP contribution in [0.2, 0.25) is 0 Å². The number of rotatable bonds is 0. The maximum absolute atomic E-state index is 7.00. The van der Waals surface area contributed by atoms with Crippen molar-refractivity contribution in [2.75, 3.05) is 7.11 Å². The molecule has 0 aliphatic heterocycles. The van der Waals surface area contributed by atoms with Gasteiger partial charge in [-0.2, -0.15) is 18.2 Å². The predicted octanol–water partition coefficient (Wildman–Crippen LogP) is 1.51. The first-order valence-electron chi connectivity index (χ1n) is 3.21. The van der Waals surface area contributed by atoms with Crippen molar-refractivity contribution in [2.45, 2.75) is 13.8 Å². The SMILES string of the molecule is CC.CO.[Y].[c-]1ccncc1. The molecule has 11 heavy (non-hydrogen) atoms. The Balaban J connectivity index is -0.000000114. The van der Waals surface area contributed by atoms with Crippen LogP contribution in [0.1, 0.15) is 13.8 Å². The molecule has 0 aromatic carbocycles. The van der Waals surface area contributed by atoms with E-state index in [1.54, 1.807) is 24.5 Å². The van der Waals surface area contributed by atoms with Crippen LogP contribution in [0.4, 0.5) is 0 Å². The van der Waals surface area contributed by atoms with Crippen molar-refractivity contribution in [2.24, 2.45) is 0 Å². The Hall–Kier alpha value is 0.214. The molecule has 2 nitrogen and oxygen atoms in total. The van der Waals surface area contributed by atoms with Crippen LogP contribution in [0.15, 0.2) is 24.5 Å². The van der Waals surface area contributed by atoms with Crippen LogP contribution in [0.5, 0.6) is 0 Å². The van der Waals surface area contributed by atoms with E-state index >= 15 is 0 Å². The largest absolute Gasteiger partial charge is 0.400 e. The molecule has 0 amide bonds. The molecule has 1 aromatic heterocycles. The van der Waals surface area contributed by atoms with E-state index in [9.17, 15) is 0 Å². The standard InChI is InChI=1S/C5H4N.C2H6.CH4O.Y/c1-2-4-6-5-3-1;2*1-2;/h2-5H;1-2H3;2H,1H3;/q-1;;;. The Morgan fingerprint density at radius 2 is 1.45 bits per heavy atom. The van der Waals surface area contributed by atoms with Crippen LogP contribution in [-0.2, 0) is 32.7 Å². The second-order valence-electron chi connectivity index (χ2n) is 0.947. The van der Waals surface area contributed by atoms with Crippen LogP contribution >= 0.6 is 0 Å². The number of nitrogens with zero attached hydrogens (tertiary/aromatic N) is 1. The molecule has 0 atom stereocenters. The first-order valence-corrected chi connectivity index (χ1v) is 3.21. The normalized spacial score (nSPS) is 5.45. The molecule has 3 heteroatoms. The zero-order valence-corrected chi connectivity index (χ0v) is 10.1. The molecule has 61 valence electrons. The Kier molecular flexibility index (Phi) is 35.4. The molecule has 1 aromatic rings. The topological polar surface area (TPSA) is 33.1 Å². The van der Waals surface area contributed by atoms with E-state index in [0.29, 0.717) is 0 Å². The number of aromatic nitrogens is 1. The summed E-state index contributed by atoms with van der Waals surface area (Å²) in [7, 11) is 1.00. The van der Waals surface area contributed by atoms with Gasteiger partial charge in [0.1, 0.15) is 0 Å². The molecule has 1 radical (unpaired) electrons. The molecule has 0 saturated carbocycles. The third kappa shape index (κ3) is 17.8. The van der Waals surface area contributed by atoms with E-state index in [0.717, 1.165) is 7.11 Å². The van der Waals surface area contributed by atoms with Gasteiger partial charge in [-0.3, -0.25) is 0 Å². The number of aliphatic hydroxyl groups excluding tert-OH is 1. The van der Waals surface area contributed by atoms with Gasteiger partial charge in [0, 0.05) is 39.8 Å². The van der Waals surface area contributed by atoms with Gasteiger partial charge in [0.25, 0.3) is 0 Å². The van der Waals surface area contributed by atoms with Gasteiger partial charge >= 0.3 is 0 Å². The summed E-state index contributed by atoms with van der Waals surface area (Å²) in [5, 5.41) is 7.00. The van der Waals surface area contributed by atoms with E-state index in [4.69, 9.17) is 5.11 Å². The molecule has 0 saturated heterocycles. The fraction of sp³-hybridized carbons (Fsp3) is 0.375. The minimum absolute atomic E-state index is 0. The molecule has 1 rings (SSSR count). The summed E-state index contributed by atoms with van der Waals surface area (Å²) < 4.78 is 0. The van der Waals surface area contributed by atoms with Crippen molar-refractivity contribution >= 4 is 0 Å². The van der Waals surface area contributed by atoms with Gasteiger partial charge in [-0.1, -0.05) is 26.2 Å². The van der Waals surface area contributed by atoms with E-state index in [1.165, 1.54) is 0 Å². The molecule has 1 heterocycles. The number of pyridine rings is 1. The van der Waals surface area contributed by atoms with E-state index in [-0.39, 0.29) is 32.7 Å².